The second-order valence-corrected chi connectivity index (χ2v) is 8.40. The summed E-state index contributed by atoms with van der Waals surface area (Å²) in [5.41, 5.74) is 12.8. The van der Waals surface area contributed by atoms with Crippen molar-refractivity contribution >= 4 is 22.0 Å². The molecule has 3 nitrogen and oxygen atoms in total. The van der Waals surface area contributed by atoms with E-state index < -0.39 is 0 Å². The molecule has 0 aromatic heterocycles. The number of rotatable bonds is 8. The van der Waals surface area contributed by atoms with E-state index in [-0.39, 0.29) is 5.92 Å². The molecule has 168 valence electrons. The van der Waals surface area contributed by atoms with Gasteiger partial charge in [0.2, 0.25) is 0 Å². The van der Waals surface area contributed by atoms with Crippen LogP contribution in [-0.2, 0) is 0 Å². The third kappa shape index (κ3) is 5.71. The maximum atomic E-state index is 9.60. The molecule has 0 spiro atoms. The molecule has 32 heavy (non-hydrogen) atoms. The molecule has 0 aliphatic carbocycles. The predicted molar refractivity (Wildman–Crippen MR) is 140 cm³/mol. The fourth-order valence-electron chi connectivity index (χ4n) is 3.98. The summed E-state index contributed by atoms with van der Waals surface area (Å²) in [5.74, 6) is 0.280. The Hall–Kier alpha value is -3.25. The average Bonchev–Trinajstić information content (AvgIpc) is 2.79. The van der Waals surface area contributed by atoms with Crippen LogP contribution in [0.2, 0.25) is 0 Å². The molecule has 0 fully saturated rings. The number of hydrogen-bond acceptors (Lipinski definition) is 3. The first-order valence-electron chi connectivity index (χ1n) is 11.5. The molecule has 0 unspecified atom stereocenters. The first kappa shape index (κ1) is 25.0. The zero-order valence-electron chi connectivity index (χ0n) is 20.7. The van der Waals surface area contributed by atoms with E-state index in [0.29, 0.717) is 11.3 Å². The molecule has 3 heteroatoms. The molecule has 0 saturated heterocycles. The summed E-state index contributed by atoms with van der Waals surface area (Å²) >= 11 is 0. The summed E-state index contributed by atoms with van der Waals surface area (Å²) in [6.07, 6.45) is 6.05. The Morgan fingerprint density at radius 3 is 2.22 bits per heavy atom. The van der Waals surface area contributed by atoms with Crippen LogP contribution in [0.4, 0.5) is 5.69 Å². The summed E-state index contributed by atoms with van der Waals surface area (Å²) in [6.45, 7) is 16.6. The van der Waals surface area contributed by atoms with Crippen molar-refractivity contribution in [3.63, 3.8) is 0 Å². The Kier molecular flexibility index (Phi) is 8.91. The van der Waals surface area contributed by atoms with Crippen LogP contribution in [0.5, 0.6) is 0 Å². The number of allylic oxidation sites excluding steroid dienone is 7. The van der Waals surface area contributed by atoms with Gasteiger partial charge in [0.1, 0.15) is 6.07 Å². The van der Waals surface area contributed by atoms with Crippen LogP contribution in [0.3, 0.4) is 0 Å². The number of benzene rings is 2. The van der Waals surface area contributed by atoms with Crippen LogP contribution in [0.25, 0.3) is 16.3 Å². The van der Waals surface area contributed by atoms with Gasteiger partial charge in [-0.2, -0.15) is 5.26 Å². The third-order valence-electron chi connectivity index (χ3n) is 6.06. The van der Waals surface area contributed by atoms with Crippen molar-refractivity contribution in [1.82, 2.24) is 0 Å². The monoisotopic (exact) mass is 427 g/mol. The maximum absolute atomic E-state index is 9.60. The Bertz CT molecular complexity index is 1120. The molecule has 2 rings (SSSR count). The molecule has 0 aliphatic heterocycles. The summed E-state index contributed by atoms with van der Waals surface area (Å²) in [6, 6.07) is 15.6. The van der Waals surface area contributed by atoms with Crippen molar-refractivity contribution in [2.24, 2.45) is 11.7 Å². The van der Waals surface area contributed by atoms with Gasteiger partial charge >= 0.3 is 0 Å². The van der Waals surface area contributed by atoms with Gasteiger partial charge in [0.15, 0.2) is 0 Å². The third-order valence-corrected chi connectivity index (χ3v) is 6.06. The van der Waals surface area contributed by atoms with Crippen molar-refractivity contribution in [2.45, 2.75) is 48.5 Å². The highest BCUT2D eigenvalue weighted by molar-refractivity contribution is 5.89. The van der Waals surface area contributed by atoms with Crippen molar-refractivity contribution in [2.75, 3.05) is 18.0 Å². The number of anilines is 1. The molecule has 0 amide bonds. The average molecular weight is 428 g/mol. The lowest BCUT2D eigenvalue weighted by atomic mass is 9.91. The highest BCUT2D eigenvalue weighted by atomic mass is 15.1. The lowest BCUT2D eigenvalue weighted by Gasteiger charge is -2.21. The second-order valence-electron chi connectivity index (χ2n) is 8.40. The number of hydrogen-bond donors (Lipinski definition) is 1. The van der Waals surface area contributed by atoms with Crippen molar-refractivity contribution in [3.8, 4) is 6.07 Å². The molecular formula is C29H37N3. The molecule has 0 atom stereocenters. The molecule has 0 heterocycles. The van der Waals surface area contributed by atoms with Gasteiger partial charge in [-0.15, -0.1) is 0 Å². The topological polar surface area (TPSA) is 53.1 Å². The number of fused-ring (bicyclic) bond motifs is 1. The fourth-order valence-corrected chi connectivity index (χ4v) is 3.98. The molecule has 0 radical (unpaired) electrons. The van der Waals surface area contributed by atoms with Crippen LogP contribution >= 0.6 is 0 Å². The normalized spacial score (nSPS) is 13.9. The zero-order valence-corrected chi connectivity index (χ0v) is 20.7. The minimum atomic E-state index is 0.280. The van der Waals surface area contributed by atoms with Gasteiger partial charge in [0, 0.05) is 24.5 Å². The maximum Gasteiger partial charge on any atom is 0.102 e. The number of nitriles is 1. The smallest absolute Gasteiger partial charge is 0.102 e. The predicted octanol–water partition coefficient (Wildman–Crippen LogP) is 7.37. The van der Waals surface area contributed by atoms with Crippen LogP contribution in [0, 0.1) is 17.2 Å². The van der Waals surface area contributed by atoms with E-state index >= 15 is 0 Å². The summed E-state index contributed by atoms with van der Waals surface area (Å²) in [7, 11) is 0. The van der Waals surface area contributed by atoms with Gasteiger partial charge < -0.3 is 10.6 Å². The Balaban J connectivity index is 2.45. The molecule has 0 saturated carbocycles. The fraction of sp³-hybridized carbons (Fsp3) is 0.345. The van der Waals surface area contributed by atoms with Crippen LogP contribution in [0.1, 0.15) is 54.0 Å². The first-order chi connectivity index (χ1) is 15.3. The summed E-state index contributed by atoms with van der Waals surface area (Å²) < 4.78 is 0. The largest absolute Gasteiger partial charge is 0.398 e. The quantitative estimate of drug-likeness (QED) is 0.353. The molecular weight excluding hydrogens is 390 g/mol. The van der Waals surface area contributed by atoms with E-state index in [1.807, 2.05) is 13.8 Å². The van der Waals surface area contributed by atoms with Crippen LogP contribution in [-0.4, -0.2) is 13.1 Å². The van der Waals surface area contributed by atoms with Gasteiger partial charge in [0.25, 0.3) is 0 Å². The van der Waals surface area contributed by atoms with Crippen LogP contribution in [0.15, 0.2) is 77.0 Å². The van der Waals surface area contributed by atoms with E-state index in [2.05, 4.69) is 94.1 Å². The second kappa shape index (κ2) is 11.4. The molecule has 0 aliphatic rings. The Morgan fingerprint density at radius 2 is 1.66 bits per heavy atom. The first-order valence-corrected chi connectivity index (χ1v) is 11.5. The molecule has 2 N–H and O–H groups in total. The van der Waals surface area contributed by atoms with Crippen LogP contribution < -0.4 is 10.6 Å². The van der Waals surface area contributed by atoms with Gasteiger partial charge in [0.05, 0.1) is 5.57 Å². The minimum absolute atomic E-state index is 0.280. The summed E-state index contributed by atoms with van der Waals surface area (Å²) in [5, 5.41) is 12.1. The molecule has 0 bridgehead atoms. The number of nitrogens with zero attached hydrogens (tertiary/aromatic N) is 2. The highest BCUT2D eigenvalue weighted by Crippen LogP contribution is 2.28. The van der Waals surface area contributed by atoms with Gasteiger partial charge in [-0.05, 0) is 91.8 Å². The minimum Gasteiger partial charge on any atom is -0.398 e. The van der Waals surface area contributed by atoms with Gasteiger partial charge in [-0.25, -0.2) is 0 Å². The van der Waals surface area contributed by atoms with Gasteiger partial charge in [-0.1, -0.05) is 50.3 Å². The molecule has 2 aromatic rings. The van der Waals surface area contributed by atoms with E-state index in [1.165, 1.54) is 27.6 Å². The van der Waals surface area contributed by atoms with E-state index in [9.17, 15) is 5.26 Å². The Labute approximate surface area is 194 Å². The van der Waals surface area contributed by atoms with Crippen molar-refractivity contribution in [3.05, 3.63) is 82.6 Å². The standard InChI is InChI=1S/C29H37N3/c1-8-29(31)28(19-30)22(7)27(20(4)5)16-11-21(6)23-12-13-25-18-26(32(9-2)10-3)15-14-24(25)17-23/h8,11-18,20H,9-10,31H2,1-7H3/b21-11+,27-16+,28-22+,29-8+. The Morgan fingerprint density at radius 1 is 1.03 bits per heavy atom. The SMILES string of the molecule is C\C=C(N)/C(C#N)=C(C)/C(=C/C=C(\C)c1ccc2cc(N(CC)CC)ccc2c1)C(C)C. The van der Waals surface area contributed by atoms with Crippen molar-refractivity contribution in [1.29, 1.82) is 5.26 Å². The van der Waals surface area contributed by atoms with Gasteiger partial charge in [-0.3, -0.25) is 0 Å². The molecule has 2 aromatic carbocycles. The van der Waals surface area contributed by atoms with E-state index in [0.717, 1.165) is 24.2 Å². The van der Waals surface area contributed by atoms with Crippen molar-refractivity contribution < 1.29 is 0 Å². The zero-order chi connectivity index (χ0) is 23.8. The lowest BCUT2D eigenvalue weighted by Crippen LogP contribution is -2.21. The summed E-state index contributed by atoms with van der Waals surface area (Å²) in [4.78, 5) is 2.36. The highest BCUT2D eigenvalue weighted by Gasteiger charge is 2.12. The van der Waals surface area contributed by atoms with E-state index in [1.54, 1.807) is 6.08 Å². The lowest BCUT2D eigenvalue weighted by molar-refractivity contribution is 0.776. The number of nitrogens with two attached hydrogens (primary N) is 1. The van der Waals surface area contributed by atoms with E-state index in [4.69, 9.17) is 5.73 Å².